The molecule has 0 unspecified atom stereocenters. The second kappa shape index (κ2) is 8.02. The fraction of sp³-hybridized carbons (Fsp3) is 0.286. The number of hydrogen-bond acceptors (Lipinski definition) is 7. The van der Waals surface area contributed by atoms with Crippen LogP contribution in [0, 0.1) is 0 Å². The Morgan fingerprint density at radius 1 is 1.38 bits per heavy atom. The molecule has 1 fully saturated rings. The SMILES string of the molecule is Nc1cc(Cl)ccc1C(=O)OCC(=O)NCCN1C(=O)CSC1=O. The number of esters is 1. The lowest BCUT2D eigenvalue weighted by Crippen LogP contribution is -2.38. The Bertz CT molecular complexity index is 681. The predicted molar refractivity (Wildman–Crippen MR) is 88.7 cm³/mol. The van der Waals surface area contributed by atoms with Crippen LogP contribution in [0.25, 0.3) is 0 Å². The zero-order valence-corrected chi connectivity index (χ0v) is 14.0. The van der Waals surface area contributed by atoms with E-state index in [9.17, 15) is 19.2 Å². The second-order valence-corrected chi connectivity index (χ2v) is 6.12. The van der Waals surface area contributed by atoms with E-state index >= 15 is 0 Å². The number of nitrogens with two attached hydrogens (primary N) is 1. The van der Waals surface area contributed by atoms with Crippen LogP contribution < -0.4 is 11.1 Å². The number of rotatable bonds is 6. The number of nitrogens with zero attached hydrogens (tertiary/aromatic N) is 1. The maximum absolute atomic E-state index is 11.8. The first-order valence-corrected chi connectivity index (χ1v) is 8.21. The molecule has 8 nitrogen and oxygen atoms in total. The maximum atomic E-state index is 11.8. The number of anilines is 1. The summed E-state index contributed by atoms with van der Waals surface area (Å²) in [5.41, 5.74) is 5.91. The summed E-state index contributed by atoms with van der Waals surface area (Å²) < 4.78 is 4.85. The van der Waals surface area contributed by atoms with Crippen molar-refractivity contribution >= 4 is 52.1 Å². The Labute approximate surface area is 146 Å². The van der Waals surface area contributed by atoms with Crippen LogP contribution in [0.4, 0.5) is 10.5 Å². The first-order valence-electron chi connectivity index (χ1n) is 6.84. The van der Waals surface area contributed by atoms with E-state index in [1.165, 1.54) is 18.2 Å². The Balaban J connectivity index is 1.74. The largest absolute Gasteiger partial charge is 0.452 e. The third-order valence-electron chi connectivity index (χ3n) is 3.07. The number of imide groups is 1. The van der Waals surface area contributed by atoms with Gasteiger partial charge in [-0.3, -0.25) is 19.3 Å². The average Bonchev–Trinajstić information content (AvgIpc) is 2.84. The summed E-state index contributed by atoms with van der Waals surface area (Å²) in [7, 11) is 0. The predicted octanol–water partition coefficient (Wildman–Crippen LogP) is 0.891. The van der Waals surface area contributed by atoms with Gasteiger partial charge < -0.3 is 15.8 Å². The summed E-state index contributed by atoms with van der Waals surface area (Å²) in [6.45, 7) is -0.344. The van der Waals surface area contributed by atoms with E-state index in [0.717, 1.165) is 16.7 Å². The smallest absolute Gasteiger partial charge is 0.340 e. The van der Waals surface area contributed by atoms with E-state index in [4.69, 9.17) is 22.1 Å². The summed E-state index contributed by atoms with van der Waals surface area (Å²) in [6, 6.07) is 4.29. The van der Waals surface area contributed by atoms with Gasteiger partial charge in [0.25, 0.3) is 11.1 Å². The summed E-state index contributed by atoms with van der Waals surface area (Å²) in [5.74, 6) is -1.47. The first kappa shape index (κ1) is 18.1. The highest BCUT2D eigenvalue weighted by Crippen LogP contribution is 2.19. The molecule has 1 aromatic rings. The topological polar surface area (TPSA) is 119 Å². The van der Waals surface area contributed by atoms with Crippen molar-refractivity contribution in [1.82, 2.24) is 10.2 Å². The third kappa shape index (κ3) is 4.62. The highest BCUT2D eigenvalue weighted by Gasteiger charge is 2.29. The molecule has 0 spiro atoms. The number of amides is 3. The van der Waals surface area contributed by atoms with Crippen LogP contribution in [0.2, 0.25) is 5.02 Å². The van der Waals surface area contributed by atoms with Gasteiger partial charge in [0.15, 0.2) is 6.61 Å². The average molecular weight is 372 g/mol. The molecule has 10 heteroatoms. The maximum Gasteiger partial charge on any atom is 0.340 e. The molecule has 0 aliphatic carbocycles. The quantitative estimate of drug-likeness (QED) is 0.563. The standard InChI is InChI=1S/C14H14ClN3O5S/c15-8-1-2-9(10(16)5-8)13(21)23-6-11(19)17-3-4-18-12(20)7-24-14(18)22/h1-2,5H,3-4,6-7,16H2,(H,17,19). The number of hydrogen-bond donors (Lipinski definition) is 2. The van der Waals surface area contributed by atoms with Gasteiger partial charge in [0.1, 0.15) is 0 Å². The number of nitrogens with one attached hydrogen (secondary N) is 1. The van der Waals surface area contributed by atoms with E-state index in [2.05, 4.69) is 5.32 Å². The molecule has 3 amide bonds. The Morgan fingerprint density at radius 2 is 2.12 bits per heavy atom. The summed E-state index contributed by atoms with van der Waals surface area (Å²) in [5, 5.41) is 2.50. The molecule has 0 radical (unpaired) electrons. The minimum absolute atomic E-state index is 0.0779. The van der Waals surface area contributed by atoms with Crippen molar-refractivity contribution in [3.05, 3.63) is 28.8 Å². The lowest BCUT2D eigenvalue weighted by molar-refractivity contribution is -0.126. The Hall–Kier alpha value is -2.26. The zero-order valence-electron chi connectivity index (χ0n) is 12.4. The Morgan fingerprint density at radius 3 is 2.75 bits per heavy atom. The molecule has 24 heavy (non-hydrogen) atoms. The van der Waals surface area contributed by atoms with Gasteiger partial charge in [-0.15, -0.1) is 0 Å². The molecular weight excluding hydrogens is 358 g/mol. The molecule has 0 bridgehead atoms. The number of ether oxygens (including phenoxy) is 1. The van der Waals surface area contributed by atoms with Gasteiger partial charge in [-0.1, -0.05) is 23.4 Å². The fourth-order valence-electron chi connectivity index (χ4n) is 1.88. The number of carbonyl (C=O) groups excluding carboxylic acids is 4. The van der Waals surface area contributed by atoms with Crippen molar-refractivity contribution in [3.63, 3.8) is 0 Å². The molecule has 3 N–H and O–H groups in total. The van der Waals surface area contributed by atoms with Crippen LogP contribution >= 0.6 is 23.4 Å². The molecule has 2 rings (SSSR count). The van der Waals surface area contributed by atoms with Crippen LogP contribution in [0.15, 0.2) is 18.2 Å². The first-order chi connectivity index (χ1) is 11.4. The summed E-state index contributed by atoms with van der Waals surface area (Å²) in [6.07, 6.45) is 0. The van der Waals surface area contributed by atoms with E-state index in [-0.39, 0.29) is 41.2 Å². The number of carbonyl (C=O) groups is 4. The van der Waals surface area contributed by atoms with E-state index in [1.54, 1.807) is 0 Å². The minimum atomic E-state index is -0.749. The van der Waals surface area contributed by atoms with Crippen LogP contribution in [-0.4, -0.2) is 53.4 Å². The van der Waals surface area contributed by atoms with E-state index in [0.29, 0.717) is 5.02 Å². The zero-order chi connectivity index (χ0) is 17.7. The van der Waals surface area contributed by atoms with Crippen LogP contribution in [0.1, 0.15) is 10.4 Å². The number of benzene rings is 1. The molecular formula is C14H14ClN3O5S. The van der Waals surface area contributed by atoms with Gasteiger partial charge in [-0.05, 0) is 18.2 Å². The summed E-state index contributed by atoms with van der Waals surface area (Å²) in [4.78, 5) is 47.2. The lowest BCUT2D eigenvalue weighted by atomic mass is 10.2. The molecule has 0 atom stereocenters. The molecule has 0 saturated carbocycles. The van der Waals surface area contributed by atoms with E-state index < -0.39 is 18.5 Å². The Kier molecular flexibility index (Phi) is 6.04. The van der Waals surface area contributed by atoms with Crippen molar-refractivity contribution < 1.29 is 23.9 Å². The third-order valence-corrected chi connectivity index (χ3v) is 4.16. The fourth-order valence-corrected chi connectivity index (χ4v) is 2.82. The summed E-state index contributed by atoms with van der Waals surface area (Å²) >= 11 is 6.65. The van der Waals surface area contributed by atoms with Crippen molar-refractivity contribution in [1.29, 1.82) is 0 Å². The molecule has 1 heterocycles. The number of nitrogen functional groups attached to an aromatic ring is 1. The molecule has 1 aliphatic heterocycles. The second-order valence-electron chi connectivity index (χ2n) is 4.76. The van der Waals surface area contributed by atoms with Crippen molar-refractivity contribution in [2.75, 3.05) is 31.2 Å². The van der Waals surface area contributed by atoms with Gasteiger partial charge in [0.2, 0.25) is 5.91 Å². The van der Waals surface area contributed by atoms with Crippen LogP contribution in [0.3, 0.4) is 0 Å². The lowest BCUT2D eigenvalue weighted by Gasteiger charge is -2.13. The van der Waals surface area contributed by atoms with Crippen molar-refractivity contribution in [3.8, 4) is 0 Å². The number of halogens is 1. The highest BCUT2D eigenvalue weighted by atomic mass is 35.5. The highest BCUT2D eigenvalue weighted by molar-refractivity contribution is 8.14. The van der Waals surface area contributed by atoms with Crippen LogP contribution in [0.5, 0.6) is 0 Å². The van der Waals surface area contributed by atoms with Gasteiger partial charge in [-0.25, -0.2) is 4.79 Å². The monoisotopic (exact) mass is 371 g/mol. The normalized spacial score (nSPS) is 14.0. The van der Waals surface area contributed by atoms with E-state index in [1.807, 2.05) is 0 Å². The van der Waals surface area contributed by atoms with Crippen molar-refractivity contribution in [2.45, 2.75) is 0 Å². The van der Waals surface area contributed by atoms with Crippen LogP contribution in [-0.2, 0) is 14.3 Å². The van der Waals surface area contributed by atoms with Gasteiger partial charge in [0, 0.05) is 23.8 Å². The molecule has 1 saturated heterocycles. The molecule has 1 aliphatic rings. The molecule has 128 valence electrons. The molecule has 1 aromatic carbocycles. The van der Waals surface area contributed by atoms with Crippen molar-refractivity contribution in [2.24, 2.45) is 0 Å². The van der Waals surface area contributed by atoms with Gasteiger partial charge >= 0.3 is 5.97 Å². The van der Waals surface area contributed by atoms with Gasteiger partial charge in [0.05, 0.1) is 11.3 Å². The van der Waals surface area contributed by atoms with Gasteiger partial charge in [-0.2, -0.15) is 0 Å². The number of thioether (sulfide) groups is 1. The minimum Gasteiger partial charge on any atom is -0.452 e. The molecule has 0 aromatic heterocycles.